The highest BCUT2D eigenvalue weighted by Crippen LogP contribution is 2.25. The van der Waals surface area contributed by atoms with E-state index < -0.39 is 0 Å². The van der Waals surface area contributed by atoms with Crippen LogP contribution in [0.1, 0.15) is 5.56 Å². The maximum absolute atomic E-state index is 5.18. The number of anilines is 1. The number of nitrogens with one attached hydrogen (secondary N) is 1. The van der Waals surface area contributed by atoms with Crippen LogP contribution in [0.4, 0.5) is 5.82 Å². The number of imidazole rings is 1. The minimum Gasteiger partial charge on any atom is -0.497 e. The maximum Gasteiger partial charge on any atom is 0.154 e. The van der Waals surface area contributed by atoms with Crippen LogP contribution in [0.15, 0.2) is 60.1 Å². The first-order chi connectivity index (χ1) is 11.8. The molecule has 3 heterocycles. The van der Waals surface area contributed by atoms with Crippen molar-refractivity contribution in [3.63, 3.8) is 0 Å². The summed E-state index contributed by atoms with van der Waals surface area (Å²) in [7, 11) is 1.67. The van der Waals surface area contributed by atoms with E-state index in [1.54, 1.807) is 18.4 Å². The first-order valence-electron chi connectivity index (χ1n) is 7.59. The number of aromatic nitrogens is 3. The first kappa shape index (κ1) is 14.7. The number of nitrogens with zero attached hydrogens (tertiary/aromatic N) is 3. The SMILES string of the molecule is COc1ccc(CNc2ccc3ncc(-c4cccs4)n3n2)cc1. The van der Waals surface area contributed by atoms with E-state index in [4.69, 9.17) is 4.74 Å². The van der Waals surface area contributed by atoms with Gasteiger partial charge in [0.2, 0.25) is 0 Å². The second kappa shape index (κ2) is 6.33. The molecular weight excluding hydrogens is 320 g/mol. The summed E-state index contributed by atoms with van der Waals surface area (Å²) in [5.41, 5.74) is 3.02. The summed E-state index contributed by atoms with van der Waals surface area (Å²) in [5.74, 6) is 1.67. The molecule has 0 saturated carbocycles. The number of benzene rings is 1. The lowest BCUT2D eigenvalue weighted by molar-refractivity contribution is 0.414. The lowest BCUT2D eigenvalue weighted by Crippen LogP contribution is -2.04. The van der Waals surface area contributed by atoms with Crippen molar-refractivity contribution in [2.75, 3.05) is 12.4 Å². The summed E-state index contributed by atoms with van der Waals surface area (Å²) in [6.07, 6.45) is 1.86. The zero-order valence-corrected chi connectivity index (χ0v) is 14.0. The number of rotatable bonds is 5. The third-order valence-corrected chi connectivity index (χ3v) is 4.66. The van der Waals surface area contributed by atoms with Crippen LogP contribution < -0.4 is 10.1 Å². The van der Waals surface area contributed by atoms with Gasteiger partial charge < -0.3 is 10.1 Å². The van der Waals surface area contributed by atoms with Gasteiger partial charge in [0.15, 0.2) is 5.65 Å². The van der Waals surface area contributed by atoms with Gasteiger partial charge in [-0.25, -0.2) is 9.50 Å². The van der Waals surface area contributed by atoms with Crippen LogP contribution in [0.3, 0.4) is 0 Å². The van der Waals surface area contributed by atoms with Crippen molar-refractivity contribution in [3.8, 4) is 16.3 Å². The van der Waals surface area contributed by atoms with E-state index in [1.807, 2.05) is 53.2 Å². The van der Waals surface area contributed by atoms with E-state index in [2.05, 4.69) is 26.8 Å². The van der Waals surface area contributed by atoms with E-state index in [0.29, 0.717) is 6.54 Å². The zero-order valence-electron chi connectivity index (χ0n) is 13.1. The highest BCUT2D eigenvalue weighted by atomic mass is 32.1. The molecule has 0 amide bonds. The number of ether oxygens (including phenoxy) is 1. The summed E-state index contributed by atoms with van der Waals surface area (Å²) in [6.45, 7) is 0.700. The molecule has 0 aliphatic heterocycles. The van der Waals surface area contributed by atoms with Crippen molar-refractivity contribution in [1.82, 2.24) is 14.6 Å². The fourth-order valence-corrected chi connectivity index (χ4v) is 3.22. The molecule has 0 aliphatic rings. The van der Waals surface area contributed by atoms with Crippen molar-refractivity contribution in [3.05, 3.63) is 65.7 Å². The quantitative estimate of drug-likeness (QED) is 0.597. The molecule has 1 aromatic carbocycles. The zero-order chi connectivity index (χ0) is 16.4. The smallest absolute Gasteiger partial charge is 0.154 e. The largest absolute Gasteiger partial charge is 0.497 e. The van der Waals surface area contributed by atoms with Crippen molar-refractivity contribution < 1.29 is 4.74 Å². The monoisotopic (exact) mass is 336 g/mol. The van der Waals surface area contributed by atoms with Gasteiger partial charge in [0, 0.05) is 6.54 Å². The third kappa shape index (κ3) is 2.83. The van der Waals surface area contributed by atoms with Gasteiger partial charge in [-0.3, -0.25) is 0 Å². The second-order valence-electron chi connectivity index (χ2n) is 5.31. The maximum atomic E-state index is 5.18. The highest BCUT2D eigenvalue weighted by Gasteiger charge is 2.08. The highest BCUT2D eigenvalue weighted by molar-refractivity contribution is 7.13. The molecule has 0 atom stereocenters. The van der Waals surface area contributed by atoms with Crippen LogP contribution >= 0.6 is 11.3 Å². The summed E-state index contributed by atoms with van der Waals surface area (Å²) in [6, 6.07) is 16.0. The Morgan fingerprint density at radius 1 is 1.12 bits per heavy atom. The lowest BCUT2D eigenvalue weighted by Gasteiger charge is -2.07. The second-order valence-corrected chi connectivity index (χ2v) is 6.26. The van der Waals surface area contributed by atoms with Crippen molar-refractivity contribution >= 4 is 22.8 Å². The van der Waals surface area contributed by atoms with E-state index >= 15 is 0 Å². The van der Waals surface area contributed by atoms with Gasteiger partial charge in [-0.2, -0.15) is 0 Å². The molecule has 24 heavy (non-hydrogen) atoms. The Balaban J connectivity index is 1.57. The van der Waals surface area contributed by atoms with Gasteiger partial charge in [0.25, 0.3) is 0 Å². The van der Waals surface area contributed by atoms with Crippen molar-refractivity contribution in [2.45, 2.75) is 6.54 Å². The molecule has 0 radical (unpaired) electrons. The summed E-state index contributed by atoms with van der Waals surface area (Å²) >= 11 is 1.68. The molecule has 4 aromatic rings. The predicted octanol–water partition coefficient (Wildman–Crippen LogP) is 4.08. The number of hydrogen-bond donors (Lipinski definition) is 1. The Hall–Kier alpha value is -2.86. The molecule has 3 aromatic heterocycles. The minimum absolute atomic E-state index is 0.700. The molecule has 5 nitrogen and oxygen atoms in total. The summed E-state index contributed by atoms with van der Waals surface area (Å²) in [4.78, 5) is 5.57. The molecule has 0 spiro atoms. The molecule has 6 heteroatoms. The average molecular weight is 336 g/mol. The number of hydrogen-bond acceptors (Lipinski definition) is 5. The fourth-order valence-electron chi connectivity index (χ4n) is 2.50. The molecule has 120 valence electrons. The predicted molar refractivity (Wildman–Crippen MR) is 96.6 cm³/mol. The van der Waals surface area contributed by atoms with Gasteiger partial charge in [-0.05, 0) is 41.3 Å². The first-order valence-corrected chi connectivity index (χ1v) is 8.47. The van der Waals surface area contributed by atoms with Crippen LogP contribution in [0, 0.1) is 0 Å². The molecule has 0 unspecified atom stereocenters. The Bertz CT molecular complexity index is 945. The number of thiophene rings is 1. The van der Waals surface area contributed by atoms with E-state index in [-0.39, 0.29) is 0 Å². The molecule has 1 N–H and O–H groups in total. The van der Waals surface area contributed by atoms with Crippen LogP contribution in [0.25, 0.3) is 16.2 Å². The van der Waals surface area contributed by atoms with E-state index in [0.717, 1.165) is 27.8 Å². The lowest BCUT2D eigenvalue weighted by atomic mass is 10.2. The Morgan fingerprint density at radius 2 is 2.00 bits per heavy atom. The fraction of sp³-hybridized carbons (Fsp3) is 0.111. The van der Waals surface area contributed by atoms with Crippen LogP contribution in [-0.4, -0.2) is 21.7 Å². The van der Waals surface area contributed by atoms with Crippen molar-refractivity contribution in [1.29, 1.82) is 0 Å². The van der Waals surface area contributed by atoms with E-state index in [1.165, 1.54) is 5.56 Å². The third-order valence-electron chi connectivity index (χ3n) is 3.77. The molecule has 0 saturated heterocycles. The number of methoxy groups -OCH3 is 1. The molecule has 0 bridgehead atoms. The molecule has 0 aliphatic carbocycles. The average Bonchev–Trinajstić information content (AvgIpc) is 3.29. The Kier molecular flexibility index (Phi) is 3.88. The number of fused-ring (bicyclic) bond motifs is 1. The van der Waals surface area contributed by atoms with Crippen LogP contribution in [0.5, 0.6) is 5.75 Å². The van der Waals surface area contributed by atoms with Gasteiger partial charge in [0.1, 0.15) is 17.3 Å². The molecule has 0 fully saturated rings. The minimum atomic E-state index is 0.700. The summed E-state index contributed by atoms with van der Waals surface area (Å²) < 4.78 is 7.05. The molecular formula is C18H16N4OS. The van der Waals surface area contributed by atoms with Crippen molar-refractivity contribution in [2.24, 2.45) is 0 Å². The van der Waals surface area contributed by atoms with Crippen LogP contribution in [-0.2, 0) is 6.54 Å². The van der Waals surface area contributed by atoms with Gasteiger partial charge in [-0.15, -0.1) is 16.4 Å². The van der Waals surface area contributed by atoms with E-state index in [9.17, 15) is 0 Å². The normalized spacial score (nSPS) is 10.9. The van der Waals surface area contributed by atoms with Crippen LogP contribution in [0.2, 0.25) is 0 Å². The summed E-state index contributed by atoms with van der Waals surface area (Å²) in [5, 5.41) is 10.1. The van der Waals surface area contributed by atoms with Gasteiger partial charge >= 0.3 is 0 Å². The Labute approximate surface area is 143 Å². The topological polar surface area (TPSA) is 51.5 Å². The molecule has 4 rings (SSSR count). The standard InChI is InChI=1S/C18H16N4OS/c1-23-14-6-4-13(5-7-14)11-19-17-8-9-18-20-12-15(22(18)21-17)16-3-2-10-24-16/h2-10,12H,11H2,1H3,(H,19,21). The Morgan fingerprint density at radius 3 is 2.75 bits per heavy atom. The van der Waals surface area contributed by atoms with Gasteiger partial charge in [0.05, 0.1) is 18.2 Å². The van der Waals surface area contributed by atoms with Gasteiger partial charge in [-0.1, -0.05) is 18.2 Å².